The molecule has 184 valence electrons. The van der Waals surface area contributed by atoms with Crippen LogP contribution in [-0.4, -0.2) is 61.9 Å². The summed E-state index contributed by atoms with van der Waals surface area (Å²) in [6.45, 7) is 5.15. The number of hydrogen-bond acceptors (Lipinski definition) is 5. The summed E-state index contributed by atoms with van der Waals surface area (Å²) in [6.07, 6.45) is 11.0. The molecule has 0 spiro atoms. The van der Waals surface area contributed by atoms with Crippen molar-refractivity contribution in [1.82, 2.24) is 24.6 Å². The summed E-state index contributed by atoms with van der Waals surface area (Å²) >= 11 is 1.46. The largest absolute Gasteiger partial charge is 0.339 e. The van der Waals surface area contributed by atoms with E-state index >= 15 is 0 Å². The second-order valence-electron chi connectivity index (χ2n) is 10.1. The number of amides is 1. The molecule has 2 aromatic rings. The van der Waals surface area contributed by atoms with Gasteiger partial charge in [0.25, 0.3) is 0 Å². The number of carbonyl (C=O) groups is 1. The molecule has 2 saturated heterocycles. The maximum atomic E-state index is 13.7. The molecule has 1 amide bonds. The molecule has 6 nitrogen and oxygen atoms in total. The number of benzene rings is 1. The Balaban J connectivity index is 1.36. The molecule has 0 N–H and O–H groups in total. The summed E-state index contributed by atoms with van der Waals surface area (Å²) < 4.78 is 15.7. The van der Waals surface area contributed by atoms with Crippen molar-refractivity contribution < 1.29 is 9.18 Å². The molecule has 1 aliphatic carbocycles. The van der Waals surface area contributed by atoms with E-state index in [1.165, 1.54) is 68.8 Å². The summed E-state index contributed by atoms with van der Waals surface area (Å²) in [5.74, 6) is 1.84. The number of likely N-dealkylation sites (tertiary alicyclic amines) is 2. The van der Waals surface area contributed by atoms with Gasteiger partial charge in [-0.15, -0.1) is 10.2 Å². The summed E-state index contributed by atoms with van der Waals surface area (Å²) in [5, 5.41) is 9.80. The number of rotatable bonds is 6. The molecule has 3 atom stereocenters. The molecule has 3 aliphatic rings. The van der Waals surface area contributed by atoms with Gasteiger partial charge >= 0.3 is 0 Å². The average molecular weight is 486 g/mol. The Labute approximate surface area is 206 Å². The molecule has 3 fully saturated rings. The lowest BCUT2D eigenvalue weighted by Crippen LogP contribution is -2.50. The topological polar surface area (TPSA) is 54.3 Å². The summed E-state index contributed by atoms with van der Waals surface area (Å²) in [5.41, 5.74) is 0.838. The number of thioether (sulfide) groups is 1. The van der Waals surface area contributed by atoms with Crippen molar-refractivity contribution in [2.75, 3.05) is 25.4 Å². The Morgan fingerprint density at radius 3 is 2.53 bits per heavy atom. The van der Waals surface area contributed by atoms with Gasteiger partial charge in [0.15, 0.2) is 11.0 Å². The molecule has 2 aliphatic heterocycles. The summed E-state index contributed by atoms with van der Waals surface area (Å²) in [7, 11) is 0. The van der Waals surface area contributed by atoms with Crippen LogP contribution in [0.2, 0.25) is 0 Å². The van der Waals surface area contributed by atoms with Crippen molar-refractivity contribution in [2.24, 2.45) is 5.92 Å². The molecule has 1 aromatic carbocycles. The number of nitrogens with zero attached hydrogens (tertiary/aromatic N) is 5. The van der Waals surface area contributed by atoms with Crippen molar-refractivity contribution in [3.8, 4) is 5.69 Å². The number of hydrogen-bond donors (Lipinski definition) is 0. The highest BCUT2D eigenvalue weighted by atomic mass is 32.2. The zero-order valence-corrected chi connectivity index (χ0v) is 21.0. The third-order valence-electron chi connectivity index (χ3n) is 7.94. The Bertz CT molecular complexity index is 972. The Hall–Kier alpha value is -1.93. The van der Waals surface area contributed by atoms with E-state index in [1.807, 2.05) is 4.57 Å². The first-order valence-electron chi connectivity index (χ1n) is 13.0. The fraction of sp³-hybridized carbons (Fsp3) is 0.654. The van der Waals surface area contributed by atoms with Crippen LogP contribution in [0.25, 0.3) is 5.69 Å². The van der Waals surface area contributed by atoms with Gasteiger partial charge in [-0.1, -0.05) is 31.0 Å². The van der Waals surface area contributed by atoms with Gasteiger partial charge in [0.2, 0.25) is 5.91 Å². The van der Waals surface area contributed by atoms with Gasteiger partial charge in [-0.2, -0.15) is 0 Å². The van der Waals surface area contributed by atoms with E-state index in [2.05, 4.69) is 26.9 Å². The SMILES string of the molecule is C[C@H](c1nnc(SCC(=O)N2CCC[C@@H]3CCCC[C@@H]32)n1-c1ccc(F)cc1)N1CCCCC1. The van der Waals surface area contributed by atoms with Crippen molar-refractivity contribution in [3.05, 3.63) is 35.9 Å². The highest BCUT2D eigenvalue weighted by Crippen LogP contribution is 2.36. The second kappa shape index (κ2) is 10.8. The molecule has 8 heteroatoms. The minimum Gasteiger partial charge on any atom is -0.339 e. The molecule has 3 heterocycles. The number of halogens is 1. The minimum atomic E-state index is -0.265. The first-order valence-corrected chi connectivity index (χ1v) is 14.0. The minimum absolute atomic E-state index is 0.105. The smallest absolute Gasteiger partial charge is 0.233 e. The molecule has 0 radical (unpaired) electrons. The molecular formula is C26H36FN5OS. The van der Waals surface area contributed by atoms with Crippen molar-refractivity contribution in [2.45, 2.75) is 82.0 Å². The van der Waals surface area contributed by atoms with Crippen molar-refractivity contribution >= 4 is 17.7 Å². The van der Waals surface area contributed by atoms with E-state index in [0.29, 0.717) is 22.9 Å². The Kier molecular flexibility index (Phi) is 7.54. The monoisotopic (exact) mass is 485 g/mol. The third-order valence-corrected chi connectivity index (χ3v) is 8.86. The molecule has 34 heavy (non-hydrogen) atoms. The predicted molar refractivity (Wildman–Crippen MR) is 133 cm³/mol. The van der Waals surface area contributed by atoms with Crippen LogP contribution >= 0.6 is 11.8 Å². The number of fused-ring (bicyclic) bond motifs is 1. The number of aromatic nitrogens is 3. The van der Waals surface area contributed by atoms with E-state index in [-0.39, 0.29) is 17.8 Å². The maximum absolute atomic E-state index is 13.7. The van der Waals surface area contributed by atoms with Gasteiger partial charge in [-0.25, -0.2) is 4.39 Å². The maximum Gasteiger partial charge on any atom is 0.233 e. The van der Waals surface area contributed by atoms with Crippen LogP contribution in [0.3, 0.4) is 0 Å². The van der Waals surface area contributed by atoms with Crippen LogP contribution in [0.15, 0.2) is 29.4 Å². The third kappa shape index (κ3) is 5.03. The van der Waals surface area contributed by atoms with Crippen LogP contribution in [0.1, 0.15) is 76.6 Å². The van der Waals surface area contributed by atoms with E-state index < -0.39 is 0 Å². The van der Waals surface area contributed by atoms with E-state index in [9.17, 15) is 9.18 Å². The van der Waals surface area contributed by atoms with Crippen molar-refractivity contribution in [3.63, 3.8) is 0 Å². The average Bonchev–Trinajstić information content (AvgIpc) is 3.31. The highest BCUT2D eigenvalue weighted by molar-refractivity contribution is 7.99. The molecule has 1 saturated carbocycles. The lowest BCUT2D eigenvalue weighted by atomic mass is 9.78. The Morgan fingerprint density at radius 2 is 1.74 bits per heavy atom. The number of carbonyl (C=O) groups excluding carboxylic acids is 1. The lowest BCUT2D eigenvalue weighted by molar-refractivity contribution is -0.134. The van der Waals surface area contributed by atoms with Gasteiger partial charge in [0.05, 0.1) is 11.8 Å². The lowest BCUT2D eigenvalue weighted by Gasteiger charge is -2.44. The fourth-order valence-corrected chi connectivity index (χ4v) is 6.94. The fourth-order valence-electron chi connectivity index (χ4n) is 6.09. The molecule has 0 unspecified atom stereocenters. The van der Waals surface area contributed by atoms with E-state index in [0.717, 1.165) is 44.0 Å². The van der Waals surface area contributed by atoms with Gasteiger partial charge < -0.3 is 4.90 Å². The van der Waals surface area contributed by atoms with Crippen molar-refractivity contribution in [1.29, 1.82) is 0 Å². The van der Waals surface area contributed by atoms with E-state index in [4.69, 9.17) is 0 Å². The molecular weight excluding hydrogens is 449 g/mol. The second-order valence-corrected chi connectivity index (χ2v) is 11.0. The number of piperidine rings is 2. The van der Waals surface area contributed by atoms with Gasteiger partial charge in [0.1, 0.15) is 5.82 Å². The van der Waals surface area contributed by atoms with Crippen LogP contribution in [0, 0.1) is 11.7 Å². The first-order chi connectivity index (χ1) is 16.6. The summed E-state index contributed by atoms with van der Waals surface area (Å²) in [4.78, 5) is 17.9. The molecule has 1 aromatic heterocycles. The highest BCUT2D eigenvalue weighted by Gasteiger charge is 2.35. The Morgan fingerprint density at radius 1 is 1.00 bits per heavy atom. The zero-order chi connectivity index (χ0) is 23.5. The normalized spacial score (nSPS) is 24.6. The quantitative estimate of drug-likeness (QED) is 0.525. The van der Waals surface area contributed by atoms with Gasteiger partial charge in [0, 0.05) is 18.3 Å². The first kappa shape index (κ1) is 23.8. The van der Waals surface area contributed by atoms with Gasteiger partial charge in [-0.3, -0.25) is 14.3 Å². The van der Waals surface area contributed by atoms with E-state index in [1.54, 1.807) is 12.1 Å². The van der Waals surface area contributed by atoms with Crippen LogP contribution < -0.4 is 0 Å². The van der Waals surface area contributed by atoms with Crippen LogP contribution in [0.5, 0.6) is 0 Å². The zero-order valence-electron chi connectivity index (χ0n) is 20.2. The van der Waals surface area contributed by atoms with Crippen LogP contribution in [0.4, 0.5) is 4.39 Å². The molecule has 5 rings (SSSR count). The van der Waals surface area contributed by atoms with Crippen LogP contribution in [-0.2, 0) is 4.79 Å². The van der Waals surface area contributed by atoms with Gasteiger partial charge in [-0.05, 0) is 88.7 Å². The molecule has 0 bridgehead atoms. The predicted octanol–water partition coefficient (Wildman–Crippen LogP) is 5.23. The summed E-state index contributed by atoms with van der Waals surface area (Å²) in [6, 6.07) is 7.01. The standard InChI is InChI=1S/C26H36FN5OS/c1-19(30-15-5-2-6-16-30)25-28-29-26(32(25)22-13-11-21(27)12-14-22)34-18-24(33)31-17-7-9-20-8-3-4-10-23(20)31/h11-14,19-20,23H,2-10,15-18H2,1H3/t19-,20+,23+/m1/s1.